The fraction of sp³-hybridized carbons (Fsp3) is 0.400. The number of carbonyl (C=O) groups is 3. The molecule has 2 heterocycles. The van der Waals surface area contributed by atoms with E-state index in [0.717, 1.165) is 11.1 Å². The van der Waals surface area contributed by atoms with E-state index in [2.05, 4.69) is 0 Å². The van der Waals surface area contributed by atoms with E-state index in [0.29, 0.717) is 0 Å². The Bertz CT molecular complexity index is 900. The molecule has 2 bridgehead atoms. The van der Waals surface area contributed by atoms with E-state index < -0.39 is 23.0 Å². The van der Waals surface area contributed by atoms with Crippen LogP contribution in [0.3, 0.4) is 0 Å². The molecule has 0 aliphatic carbocycles. The minimum absolute atomic E-state index is 0.0734. The summed E-state index contributed by atoms with van der Waals surface area (Å²) in [4.78, 5) is 41.9. The molecule has 2 aromatic carbocycles. The van der Waals surface area contributed by atoms with Crippen LogP contribution in [-0.2, 0) is 27.5 Å². The van der Waals surface area contributed by atoms with E-state index in [4.69, 9.17) is 9.47 Å². The maximum Gasteiger partial charge on any atom is 0.410 e. The van der Waals surface area contributed by atoms with Crippen molar-refractivity contribution in [2.75, 3.05) is 26.2 Å². The van der Waals surface area contributed by atoms with Crippen molar-refractivity contribution in [3.05, 3.63) is 71.8 Å². The zero-order valence-corrected chi connectivity index (χ0v) is 18.5. The lowest BCUT2D eigenvalue weighted by atomic mass is 9.64. The minimum atomic E-state index is -0.872. The van der Waals surface area contributed by atoms with Crippen LogP contribution in [0.4, 0.5) is 9.59 Å². The van der Waals surface area contributed by atoms with E-state index in [-0.39, 0.29) is 45.2 Å². The summed E-state index contributed by atoms with van der Waals surface area (Å²) >= 11 is 0. The molecule has 32 heavy (non-hydrogen) atoms. The molecule has 2 aromatic rings. The Balaban J connectivity index is 1.40. The standard InChI is InChI=1S/C25H28N2O5/c1-24-15-26(22(29)31-13-19-9-5-3-6-10-19)17-25(2,21(24)28)18-27(16-24)23(30)32-14-20-11-7-4-8-12-20/h3-12H,13-18H2,1-2H3. The molecule has 2 aliphatic rings. The molecule has 0 N–H and O–H groups in total. The summed E-state index contributed by atoms with van der Waals surface area (Å²) in [6.45, 7) is 4.79. The lowest BCUT2D eigenvalue weighted by Gasteiger charge is -2.54. The third kappa shape index (κ3) is 4.47. The molecular weight excluding hydrogens is 408 g/mol. The van der Waals surface area contributed by atoms with Crippen LogP contribution in [0.25, 0.3) is 0 Å². The normalized spacial score (nSPS) is 24.8. The Hall–Kier alpha value is -3.35. The van der Waals surface area contributed by atoms with Crippen molar-refractivity contribution in [2.45, 2.75) is 27.1 Å². The second-order valence-corrected chi connectivity index (χ2v) is 9.24. The molecule has 2 aliphatic heterocycles. The lowest BCUT2D eigenvalue weighted by Crippen LogP contribution is -2.69. The molecule has 0 atom stereocenters. The lowest BCUT2D eigenvalue weighted by molar-refractivity contribution is -0.154. The third-order valence-corrected chi connectivity index (χ3v) is 6.18. The summed E-state index contributed by atoms with van der Waals surface area (Å²) in [7, 11) is 0. The number of piperidine rings is 2. The molecular formula is C25H28N2O5. The number of hydrogen-bond acceptors (Lipinski definition) is 5. The van der Waals surface area contributed by atoms with Gasteiger partial charge in [-0.15, -0.1) is 0 Å². The van der Waals surface area contributed by atoms with Crippen LogP contribution < -0.4 is 0 Å². The van der Waals surface area contributed by atoms with Crippen molar-refractivity contribution >= 4 is 18.0 Å². The first kappa shape index (κ1) is 21.9. The van der Waals surface area contributed by atoms with Crippen molar-refractivity contribution in [3.8, 4) is 0 Å². The molecule has 2 saturated heterocycles. The molecule has 168 valence electrons. The maximum absolute atomic E-state index is 13.2. The highest BCUT2D eigenvalue weighted by Crippen LogP contribution is 2.42. The second-order valence-electron chi connectivity index (χ2n) is 9.24. The van der Waals surface area contributed by atoms with Crippen molar-refractivity contribution in [2.24, 2.45) is 10.8 Å². The number of hydrogen-bond donors (Lipinski definition) is 0. The number of benzene rings is 2. The predicted octanol–water partition coefficient (Wildman–Crippen LogP) is 3.87. The predicted molar refractivity (Wildman–Crippen MR) is 118 cm³/mol. The Morgan fingerprint density at radius 3 is 1.41 bits per heavy atom. The summed E-state index contributed by atoms with van der Waals surface area (Å²) in [6.07, 6.45) is -0.891. The zero-order valence-electron chi connectivity index (χ0n) is 18.5. The monoisotopic (exact) mass is 436 g/mol. The average molecular weight is 437 g/mol. The second kappa shape index (κ2) is 8.65. The number of carbonyl (C=O) groups excluding carboxylic acids is 3. The van der Waals surface area contributed by atoms with Crippen LogP contribution in [-0.4, -0.2) is 53.9 Å². The number of Topliss-reactive ketones (excluding diaryl/α,β-unsaturated/α-hetero) is 1. The quantitative estimate of drug-likeness (QED) is 0.727. The number of likely N-dealkylation sites (tertiary alicyclic amines) is 2. The smallest absolute Gasteiger partial charge is 0.410 e. The van der Waals surface area contributed by atoms with E-state index in [1.165, 1.54) is 0 Å². The van der Waals surface area contributed by atoms with Gasteiger partial charge in [0, 0.05) is 26.2 Å². The molecule has 7 heteroatoms. The number of ether oxygens (including phenoxy) is 2. The van der Waals surface area contributed by atoms with Crippen LogP contribution >= 0.6 is 0 Å². The minimum Gasteiger partial charge on any atom is -0.445 e. The largest absolute Gasteiger partial charge is 0.445 e. The zero-order chi connectivity index (χ0) is 22.8. The first-order valence-electron chi connectivity index (χ1n) is 10.8. The summed E-state index contributed by atoms with van der Waals surface area (Å²) in [6, 6.07) is 18.9. The van der Waals surface area contributed by atoms with Gasteiger partial charge < -0.3 is 19.3 Å². The van der Waals surface area contributed by atoms with Crippen LogP contribution in [0, 0.1) is 10.8 Å². The third-order valence-electron chi connectivity index (χ3n) is 6.18. The van der Waals surface area contributed by atoms with Gasteiger partial charge in [0.1, 0.15) is 13.2 Å². The molecule has 0 aromatic heterocycles. The fourth-order valence-corrected chi connectivity index (χ4v) is 4.79. The van der Waals surface area contributed by atoms with Crippen molar-refractivity contribution in [1.82, 2.24) is 9.80 Å². The van der Waals surface area contributed by atoms with E-state index in [9.17, 15) is 14.4 Å². The van der Waals surface area contributed by atoms with E-state index in [1.807, 2.05) is 60.7 Å². The highest BCUT2D eigenvalue weighted by Gasteiger charge is 2.58. The Kier molecular flexibility index (Phi) is 5.91. The van der Waals surface area contributed by atoms with Gasteiger partial charge in [-0.1, -0.05) is 60.7 Å². The fourth-order valence-electron chi connectivity index (χ4n) is 4.79. The number of fused-ring (bicyclic) bond motifs is 2. The van der Waals surface area contributed by atoms with Gasteiger partial charge in [0.15, 0.2) is 5.78 Å². The Morgan fingerprint density at radius 2 is 1.06 bits per heavy atom. The molecule has 0 radical (unpaired) electrons. The number of ketones is 1. The van der Waals surface area contributed by atoms with Crippen molar-refractivity contribution in [1.29, 1.82) is 0 Å². The summed E-state index contributed by atoms with van der Waals surface area (Å²) < 4.78 is 11.0. The van der Waals surface area contributed by atoms with Crippen LogP contribution in [0.1, 0.15) is 25.0 Å². The Morgan fingerprint density at radius 1 is 0.719 bits per heavy atom. The maximum atomic E-state index is 13.2. The van der Waals surface area contributed by atoms with Gasteiger partial charge in [-0.25, -0.2) is 9.59 Å². The number of rotatable bonds is 4. The molecule has 7 nitrogen and oxygen atoms in total. The summed E-state index contributed by atoms with van der Waals surface area (Å²) in [5.41, 5.74) is 0.0590. The first-order chi connectivity index (χ1) is 15.3. The van der Waals surface area contributed by atoms with Crippen LogP contribution in [0.5, 0.6) is 0 Å². The van der Waals surface area contributed by atoms with Gasteiger partial charge in [0.25, 0.3) is 0 Å². The van der Waals surface area contributed by atoms with Gasteiger partial charge in [0.05, 0.1) is 10.8 Å². The molecule has 0 spiro atoms. The highest BCUT2D eigenvalue weighted by molar-refractivity contribution is 5.94. The van der Waals surface area contributed by atoms with Crippen LogP contribution in [0.15, 0.2) is 60.7 Å². The van der Waals surface area contributed by atoms with E-state index in [1.54, 1.807) is 23.6 Å². The summed E-state index contributed by atoms with van der Waals surface area (Å²) in [5.74, 6) is 0.0734. The van der Waals surface area contributed by atoms with Gasteiger partial charge in [-0.2, -0.15) is 0 Å². The van der Waals surface area contributed by atoms with Gasteiger partial charge in [0.2, 0.25) is 0 Å². The molecule has 2 fully saturated rings. The van der Waals surface area contributed by atoms with Gasteiger partial charge in [-0.3, -0.25) is 4.79 Å². The molecule has 0 saturated carbocycles. The van der Waals surface area contributed by atoms with Crippen LogP contribution in [0.2, 0.25) is 0 Å². The Labute approximate surface area is 187 Å². The average Bonchev–Trinajstić information content (AvgIpc) is 2.79. The first-order valence-corrected chi connectivity index (χ1v) is 10.8. The van der Waals surface area contributed by atoms with Gasteiger partial charge in [-0.05, 0) is 25.0 Å². The SMILES string of the molecule is CC12CN(C(=O)OCc3ccccc3)CC(C)(CN(C(=O)OCc3ccccc3)C1)C2=O. The van der Waals surface area contributed by atoms with Gasteiger partial charge >= 0.3 is 12.2 Å². The highest BCUT2D eigenvalue weighted by atomic mass is 16.6. The number of amides is 2. The molecule has 4 rings (SSSR count). The number of nitrogens with zero attached hydrogens (tertiary/aromatic N) is 2. The molecule has 0 unspecified atom stereocenters. The van der Waals surface area contributed by atoms with E-state index >= 15 is 0 Å². The van der Waals surface area contributed by atoms with Crippen molar-refractivity contribution < 1.29 is 23.9 Å². The van der Waals surface area contributed by atoms with Crippen molar-refractivity contribution in [3.63, 3.8) is 0 Å². The molecule has 2 amide bonds. The topological polar surface area (TPSA) is 76.2 Å². The summed E-state index contributed by atoms with van der Waals surface area (Å²) in [5, 5.41) is 0.